The van der Waals surface area contributed by atoms with E-state index in [0.717, 1.165) is 4.90 Å². The van der Waals surface area contributed by atoms with Crippen LogP contribution in [0.2, 0.25) is 0 Å². The summed E-state index contributed by atoms with van der Waals surface area (Å²) in [5.74, 6) is 0. The minimum atomic E-state index is -5.36. The van der Waals surface area contributed by atoms with Crippen molar-refractivity contribution in [3.8, 4) is 0 Å². The molecular weight excluding hydrogens is 326 g/mol. The zero-order chi connectivity index (χ0) is 17.0. The minimum absolute atomic E-state index is 0.276. The Balaban J connectivity index is 2.04. The molecule has 3 heterocycles. The second-order valence-electron chi connectivity index (χ2n) is 5.58. The van der Waals surface area contributed by atoms with Gasteiger partial charge in [0.15, 0.2) is 11.1 Å². The summed E-state index contributed by atoms with van der Waals surface area (Å²) in [6.07, 6.45) is -9.01. The van der Waals surface area contributed by atoms with E-state index in [1.165, 1.54) is 23.1 Å². The van der Waals surface area contributed by atoms with Crippen molar-refractivity contribution in [2.24, 2.45) is 12.5 Å². The number of hydrogen-bond donors (Lipinski definition) is 0. The van der Waals surface area contributed by atoms with E-state index in [1.807, 2.05) is 0 Å². The van der Waals surface area contributed by atoms with Crippen molar-refractivity contribution in [2.75, 3.05) is 18.0 Å². The van der Waals surface area contributed by atoms with Crippen molar-refractivity contribution in [2.45, 2.75) is 18.8 Å². The Morgan fingerprint density at radius 1 is 1.13 bits per heavy atom. The second kappa shape index (κ2) is 4.75. The van der Waals surface area contributed by atoms with Crippen molar-refractivity contribution in [3.05, 3.63) is 18.5 Å². The molecule has 0 radical (unpaired) electrons. The van der Waals surface area contributed by atoms with Gasteiger partial charge in [0, 0.05) is 26.3 Å². The summed E-state index contributed by atoms with van der Waals surface area (Å²) in [6, 6.07) is 1.41. The molecule has 0 aromatic carbocycles. The van der Waals surface area contributed by atoms with E-state index in [0.29, 0.717) is 11.0 Å². The van der Waals surface area contributed by atoms with E-state index >= 15 is 0 Å². The zero-order valence-electron chi connectivity index (χ0n) is 11.9. The highest BCUT2D eigenvalue weighted by molar-refractivity contribution is 5.89. The van der Waals surface area contributed by atoms with Gasteiger partial charge in [-0.05, 0) is 12.5 Å². The van der Waals surface area contributed by atoms with Crippen molar-refractivity contribution in [1.82, 2.24) is 14.8 Å². The fourth-order valence-corrected chi connectivity index (χ4v) is 2.95. The molecule has 0 atom stereocenters. The molecule has 0 saturated carbocycles. The predicted molar refractivity (Wildman–Crippen MR) is 69.9 cm³/mol. The monoisotopic (exact) mass is 338 g/mol. The van der Waals surface area contributed by atoms with E-state index in [9.17, 15) is 26.3 Å². The molecule has 10 heteroatoms. The maximum Gasteiger partial charge on any atom is 0.404 e. The summed E-state index contributed by atoms with van der Waals surface area (Å²) < 4.78 is 80.3. The van der Waals surface area contributed by atoms with E-state index < -0.39 is 30.7 Å². The SMILES string of the molecule is Cn1ncc2c(N3CCC(C(F)(F)F)(C(F)(F)F)C3)ccnc21. The number of aromatic nitrogens is 3. The quantitative estimate of drug-likeness (QED) is 0.749. The molecule has 1 aliphatic rings. The Kier molecular flexibility index (Phi) is 3.28. The van der Waals surface area contributed by atoms with E-state index in [1.54, 1.807) is 7.05 Å². The first-order valence-electron chi connectivity index (χ1n) is 6.72. The molecule has 1 saturated heterocycles. The Hall–Kier alpha value is -2.00. The van der Waals surface area contributed by atoms with Gasteiger partial charge < -0.3 is 4.90 Å². The van der Waals surface area contributed by atoms with Crippen LogP contribution in [-0.2, 0) is 7.05 Å². The zero-order valence-corrected chi connectivity index (χ0v) is 11.9. The number of aryl methyl sites for hydroxylation is 1. The highest BCUT2D eigenvalue weighted by Gasteiger charge is 2.72. The van der Waals surface area contributed by atoms with Crippen LogP contribution in [0.1, 0.15) is 6.42 Å². The van der Waals surface area contributed by atoms with Crippen LogP contribution in [0.15, 0.2) is 18.5 Å². The third-order valence-corrected chi connectivity index (χ3v) is 4.31. The van der Waals surface area contributed by atoms with Crippen LogP contribution < -0.4 is 4.90 Å². The first kappa shape index (κ1) is 15.9. The summed E-state index contributed by atoms with van der Waals surface area (Å²) in [7, 11) is 1.60. The van der Waals surface area contributed by atoms with Crippen LogP contribution in [0.25, 0.3) is 11.0 Å². The Bertz CT molecular complexity index is 718. The average molecular weight is 338 g/mol. The summed E-state index contributed by atoms with van der Waals surface area (Å²) >= 11 is 0. The maximum atomic E-state index is 13.1. The van der Waals surface area contributed by atoms with Crippen molar-refractivity contribution in [3.63, 3.8) is 0 Å². The summed E-state index contributed by atoms with van der Waals surface area (Å²) in [5.41, 5.74) is -3.03. The average Bonchev–Trinajstić information content (AvgIpc) is 3.03. The number of nitrogens with zero attached hydrogens (tertiary/aromatic N) is 4. The van der Waals surface area contributed by atoms with Crippen molar-refractivity contribution < 1.29 is 26.3 Å². The first-order valence-corrected chi connectivity index (χ1v) is 6.72. The molecule has 1 aliphatic heterocycles. The highest BCUT2D eigenvalue weighted by Crippen LogP contribution is 2.56. The third kappa shape index (κ3) is 2.22. The molecule has 126 valence electrons. The summed E-state index contributed by atoms with van der Waals surface area (Å²) in [5, 5.41) is 4.37. The van der Waals surface area contributed by atoms with Gasteiger partial charge >= 0.3 is 12.4 Å². The van der Waals surface area contributed by atoms with Crippen LogP contribution >= 0.6 is 0 Å². The molecule has 1 fully saturated rings. The lowest BCUT2D eigenvalue weighted by molar-refractivity contribution is -0.332. The maximum absolute atomic E-state index is 13.1. The standard InChI is InChI=1S/C13H12F6N4/c1-22-10-8(6-21-22)9(2-4-20-10)23-5-3-11(7-23,12(14,15)16)13(17,18)19/h2,4,6H,3,5,7H2,1H3. The largest absolute Gasteiger partial charge is 0.404 e. The molecule has 0 N–H and O–H groups in total. The molecule has 23 heavy (non-hydrogen) atoms. The minimum Gasteiger partial charge on any atom is -0.370 e. The number of alkyl halides is 6. The lowest BCUT2D eigenvalue weighted by Gasteiger charge is -2.33. The highest BCUT2D eigenvalue weighted by atomic mass is 19.4. The molecule has 0 unspecified atom stereocenters. The summed E-state index contributed by atoms with van der Waals surface area (Å²) in [4.78, 5) is 5.14. The van der Waals surface area contributed by atoms with Crippen molar-refractivity contribution in [1.29, 1.82) is 0 Å². The van der Waals surface area contributed by atoms with E-state index in [2.05, 4.69) is 10.1 Å². The Labute approximate surface area is 126 Å². The molecule has 3 rings (SSSR count). The van der Waals surface area contributed by atoms with Gasteiger partial charge in [0.1, 0.15) is 0 Å². The topological polar surface area (TPSA) is 34.0 Å². The fourth-order valence-electron chi connectivity index (χ4n) is 2.95. The second-order valence-corrected chi connectivity index (χ2v) is 5.58. The summed E-state index contributed by atoms with van der Waals surface area (Å²) in [6.45, 7) is -1.50. The van der Waals surface area contributed by atoms with E-state index in [4.69, 9.17) is 0 Å². The number of halogens is 6. The molecular formula is C13H12F6N4. The van der Waals surface area contributed by atoms with Crippen LogP contribution in [0.3, 0.4) is 0 Å². The molecule has 2 aromatic heterocycles. The van der Waals surface area contributed by atoms with Gasteiger partial charge in [-0.25, -0.2) is 4.98 Å². The number of anilines is 1. The van der Waals surface area contributed by atoms with Gasteiger partial charge in [-0.3, -0.25) is 4.68 Å². The molecule has 0 spiro atoms. The van der Waals surface area contributed by atoms with Gasteiger partial charge in [-0.1, -0.05) is 0 Å². The van der Waals surface area contributed by atoms with Crippen LogP contribution in [0.4, 0.5) is 32.0 Å². The smallest absolute Gasteiger partial charge is 0.370 e. The third-order valence-electron chi connectivity index (χ3n) is 4.31. The molecule has 0 amide bonds. The lowest BCUT2D eigenvalue weighted by atomic mass is 9.85. The number of fused-ring (bicyclic) bond motifs is 1. The lowest BCUT2D eigenvalue weighted by Crippen LogP contribution is -2.51. The normalized spacial score (nSPS) is 18.8. The van der Waals surface area contributed by atoms with Gasteiger partial charge in [0.05, 0.1) is 17.3 Å². The van der Waals surface area contributed by atoms with E-state index in [-0.39, 0.29) is 12.2 Å². The number of hydrogen-bond acceptors (Lipinski definition) is 3. The van der Waals surface area contributed by atoms with Gasteiger partial charge in [0.2, 0.25) is 0 Å². The predicted octanol–water partition coefficient (Wildman–Crippen LogP) is 3.29. The van der Waals surface area contributed by atoms with Crippen LogP contribution in [0.5, 0.6) is 0 Å². The van der Waals surface area contributed by atoms with Crippen LogP contribution in [0, 0.1) is 5.41 Å². The fraction of sp³-hybridized carbons (Fsp3) is 0.538. The first-order chi connectivity index (χ1) is 10.6. The number of pyridine rings is 1. The number of rotatable bonds is 1. The van der Waals surface area contributed by atoms with Gasteiger partial charge in [0.25, 0.3) is 0 Å². The Morgan fingerprint density at radius 2 is 1.78 bits per heavy atom. The van der Waals surface area contributed by atoms with Gasteiger partial charge in [-0.15, -0.1) is 0 Å². The molecule has 2 aromatic rings. The molecule has 4 nitrogen and oxygen atoms in total. The molecule has 0 aliphatic carbocycles. The molecule has 0 bridgehead atoms. The van der Waals surface area contributed by atoms with Gasteiger partial charge in [-0.2, -0.15) is 31.4 Å². The van der Waals surface area contributed by atoms with Crippen LogP contribution in [-0.4, -0.2) is 40.2 Å². The van der Waals surface area contributed by atoms with Crippen molar-refractivity contribution >= 4 is 16.7 Å². The Morgan fingerprint density at radius 3 is 2.35 bits per heavy atom.